The summed E-state index contributed by atoms with van der Waals surface area (Å²) in [5.41, 5.74) is 3.03. The Morgan fingerprint density at radius 2 is 1.75 bits per heavy atom. The molecule has 0 unspecified atom stereocenters. The smallest absolute Gasteiger partial charge is 0.230 e. The average Bonchev–Trinajstić information content (AvgIpc) is 3.30. The molecule has 4 aromatic rings. The molecule has 7 nitrogen and oxygen atoms in total. The maximum absolute atomic E-state index is 12.6. The molecule has 4 rings (SSSR count). The molecule has 186 valence electrons. The highest BCUT2D eigenvalue weighted by molar-refractivity contribution is 7.99. The number of aromatic nitrogens is 3. The van der Waals surface area contributed by atoms with Crippen LogP contribution < -0.4 is 14.8 Å². The van der Waals surface area contributed by atoms with Gasteiger partial charge >= 0.3 is 0 Å². The van der Waals surface area contributed by atoms with E-state index >= 15 is 0 Å². The minimum atomic E-state index is -0.0780. The first-order valence-corrected chi connectivity index (χ1v) is 12.8. The Balaban J connectivity index is 1.40. The quantitative estimate of drug-likeness (QED) is 0.280. The summed E-state index contributed by atoms with van der Waals surface area (Å²) in [5.74, 6) is 2.27. The van der Waals surface area contributed by atoms with E-state index in [-0.39, 0.29) is 11.7 Å². The van der Waals surface area contributed by atoms with Crippen LogP contribution in [0.5, 0.6) is 11.5 Å². The van der Waals surface area contributed by atoms with E-state index in [1.807, 2.05) is 65.2 Å². The van der Waals surface area contributed by atoms with Gasteiger partial charge in [-0.25, -0.2) is 0 Å². The third kappa shape index (κ3) is 6.59. The van der Waals surface area contributed by atoms with Crippen LogP contribution in [-0.2, 0) is 17.6 Å². The second-order valence-electron chi connectivity index (χ2n) is 7.95. The Labute approximate surface area is 219 Å². The van der Waals surface area contributed by atoms with Crippen molar-refractivity contribution in [3.8, 4) is 17.2 Å². The summed E-state index contributed by atoms with van der Waals surface area (Å²) < 4.78 is 12.6. The topological polar surface area (TPSA) is 78.3 Å². The highest BCUT2D eigenvalue weighted by Gasteiger charge is 2.17. The number of hydrogen-bond acceptors (Lipinski definition) is 6. The van der Waals surface area contributed by atoms with Crippen LogP contribution in [0.4, 0.5) is 0 Å². The zero-order chi connectivity index (χ0) is 25.3. The number of rotatable bonds is 11. The summed E-state index contributed by atoms with van der Waals surface area (Å²) in [6.07, 6.45) is 1.29. The van der Waals surface area contributed by atoms with Crippen molar-refractivity contribution in [1.29, 1.82) is 0 Å². The van der Waals surface area contributed by atoms with Crippen molar-refractivity contribution in [2.24, 2.45) is 0 Å². The Morgan fingerprint density at radius 1 is 0.944 bits per heavy atom. The number of methoxy groups -OCH3 is 2. The summed E-state index contributed by atoms with van der Waals surface area (Å²) >= 11 is 7.60. The fraction of sp³-hybridized carbons (Fsp3) is 0.222. The van der Waals surface area contributed by atoms with Gasteiger partial charge in [0.15, 0.2) is 16.7 Å². The van der Waals surface area contributed by atoms with Gasteiger partial charge in [-0.15, -0.1) is 10.2 Å². The van der Waals surface area contributed by atoms with E-state index < -0.39 is 0 Å². The van der Waals surface area contributed by atoms with Gasteiger partial charge in [0, 0.05) is 18.0 Å². The van der Waals surface area contributed by atoms with Gasteiger partial charge in [0.1, 0.15) is 5.82 Å². The molecular formula is C27H27ClN4O3S. The lowest BCUT2D eigenvalue weighted by Crippen LogP contribution is -2.27. The number of nitrogens with one attached hydrogen (secondary N) is 1. The molecule has 0 aliphatic heterocycles. The summed E-state index contributed by atoms with van der Waals surface area (Å²) in [4.78, 5) is 12.6. The van der Waals surface area contributed by atoms with Crippen molar-refractivity contribution < 1.29 is 14.3 Å². The molecule has 0 aliphatic rings. The molecule has 1 amide bonds. The summed E-state index contributed by atoms with van der Waals surface area (Å²) in [6.45, 7) is 0.509. The number of hydrogen-bond donors (Lipinski definition) is 1. The molecule has 0 saturated heterocycles. The summed E-state index contributed by atoms with van der Waals surface area (Å²) in [6, 6.07) is 23.4. The Bertz CT molecular complexity index is 1310. The van der Waals surface area contributed by atoms with Crippen LogP contribution in [0.2, 0.25) is 5.02 Å². The lowest BCUT2D eigenvalue weighted by molar-refractivity contribution is -0.118. The van der Waals surface area contributed by atoms with E-state index in [4.69, 9.17) is 21.1 Å². The third-order valence-corrected chi connectivity index (χ3v) is 6.65. The second kappa shape index (κ2) is 12.5. The largest absolute Gasteiger partial charge is 0.493 e. The molecule has 0 spiro atoms. The normalized spacial score (nSPS) is 10.8. The van der Waals surface area contributed by atoms with Crippen LogP contribution in [0.1, 0.15) is 17.0 Å². The van der Waals surface area contributed by atoms with Crippen molar-refractivity contribution in [3.05, 3.63) is 94.8 Å². The predicted octanol–water partition coefficient (Wildman–Crippen LogP) is 4.98. The first-order chi connectivity index (χ1) is 17.6. The lowest BCUT2D eigenvalue weighted by atomic mass is 10.1. The number of thioether (sulfide) groups is 1. The molecule has 0 fully saturated rings. The van der Waals surface area contributed by atoms with E-state index in [9.17, 15) is 4.79 Å². The number of carbonyl (C=O) groups excluding carboxylic acids is 1. The predicted molar refractivity (Wildman–Crippen MR) is 143 cm³/mol. The van der Waals surface area contributed by atoms with Gasteiger partial charge in [0.2, 0.25) is 5.91 Å². The zero-order valence-corrected chi connectivity index (χ0v) is 21.7. The van der Waals surface area contributed by atoms with Crippen LogP contribution in [-0.4, -0.2) is 47.2 Å². The van der Waals surface area contributed by atoms with Gasteiger partial charge in [-0.05, 0) is 47.9 Å². The third-order valence-electron chi connectivity index (χ3n) is 5.49. The van der Waals surface area contributed by atoms with Crippen LogP contribution in [0.3, 0.4) is 0 Å². The van der Waals surface area contributed by atoms with E-state index in [1.165, 1.54) is 11.8 Å². The Kier molecular flexibility index (Phi) is 8.86. The second-order valence-corrected chi connectivity index (χ2v) is 9.33. The average molecular weight is 523 g/mol. The van der Waals surface area contributed by atoms with Crippen molar-refractivity contribution in [2.45, 2.75) is 18.0 Å². The molecule has 0 aliphatic carbocycles. The molecule has 0 radical (unpaired) electrons. The molecule has 0 bridgehead atoms. The molecule has 0 saturated carbocycles. The number of ether oxygens (including phenoxy) is 2. The van der Waals surface area contributed by atoms with Crippen molar-refractivity contribution in [2.75, 3.05) is 26.5 Å². The van der Waals surface area contributed by atoms with E-state index in [0.29, 0.717) is 41.1 Å². The van der Waals surface area contributed by atoms with Crippen molar-refractivity contribution >= 4 is 29.3 Å². The van der Waals surface area contributed by atoms with Gasteiger partial charge in [-0.3, -0.25) is 9.36 Å². The number of nitrogens with zero attached hydrogens (tertiary/aromatic N) is 3. The number of amides is 1. The summed E-state index contributed by atoms with van der Waals surface area (Å²) in [5, 5.41) is 13.0. The molecule has 1 N–H and O–H groups in total. The Hall–Kier alpha value is -3.49. The maximum atomic E-state index is 12.6. The van der Waals surface area contributed by atoms with E-state index in [0.717, 1.165) is 22.6 Å². The van der Waals surface area contributed by atoms with E-state index in [2.05, 4.69) is 27.6 Å². The fourth-order valence-corrected chi connectivity index (χ4v) is 4.71. The molecule has 3 aromatic carbocycles. The number of benzene rings is 3. The summed E-state index contributed by atoms with van der Waals surface area (Å²) in [7, 11) is 3.21. The Morgan fingerprint density at radius 3 is 2.50 bits per heavy atom. The standard InChI is InChI=1S/C27H27ClN4O3S/c1-34-23-12-11-20(15-24(23)35-2)13-14-29-26(33)18-36-27-31-30-25(16-19-7-4-3-5-8-19)32(27)22-10-6-9-21(28)17-22/h3-12,15,17H,13-14,16,18H2,1-2H3,(H,29,33). The van der Waals surface area contributed by atoms with Crippen molar-refractivity contribution in [1.82, 2.24) is 20.1 Å². The van der Waals surface area contributed by atoms with Crippen LogP contribution >= 0.6 is 23.4 Å². The molecular weight excluding hydrogens is 496 g/mol. The minimum Gasteiger partial charge on any atom is -0.493 e. The van der Waals surface area contributed by atoms with Crippen LogP contribution in [0.25, 0.3) is 5.69 Å². The maximum Gasteiger partial charge on any atom is 0.230 e. The first-order valence-electron chi connectivity index (χ1n) is 11.4. The highest BCUT2D eigenvalue weighted by Crippen LogP contribution is 2.28. The number of carbonyl (C=O) groups is 1. The monoisotopic (exact) mass is 522 g/mol. The SMILES string of the molecule is COc1ccc(CCNC(=O)CSc2nnc(Cc3ccccc3)n2-c2cccc(Cl)c2)cc1OC. The first kappa shape index (κ1) is 25.6. The number of halogens is 1. The molecule has 0 atom stereocenters. The fourth-order valence-electron chi connectivity index (χ4n) is 3.72. The van der Waals surface area contributed by atoms with Gasteiger partial charge in [0.25, 0.3) is 0 Å². The lowest BCUT2D eigenvalue weighted by Gasteiger charge is -2.11. The zero-order valence-electron chi connectivity index (χ0n) is 20.1. The van der Waals surface area contributed by atoms with Gasteiger partial charge in [0.05, 0.1) is 25.7 Å². The van der Waals surface area contributed by atoms with Crippen molar-refractivity contribution in [3.63, 3.8) is 0 Å². The molecule has 36 heavy (non-hydrogen) atoms. The molecule has 1 aromatic heterocycles. The molecule has 1 heterocycles. The van der Waals surface area contributed by atoms with Gasteiger partial charge in [-0.2, -0.15) is 0 Å². The minimum absolute atomic E-state index is 0.0780. The van der Waals surface area contributed by atoms with E-state index in [1.54, 1.807) is 14.2 Å². The van der Waals surface area contributed by atoms with Crippen LogP contribution in [0, 0.1) is 0 Å². The molecule has 9 heteroatoms. The highest BCUT2D eigenvalue weighted by atomic mass is 35.5. The van der Waals surface area contributed by atoms with Gasteiger partial charge in [-0.1, -0.05) is 65.8 Å². The van der Waals surface area contributed by atoms with Crippen LogP contribution in [0.15, 0.2) is 78.0 Å². The van der Waals surface area contributed by atoms with Gasteiger partial charge < -0.3 is 14.8 Å².